The van der Waals surface area contributed by atoms with Crippen molar-refractivity contribution in [3.8, 4) is 17.1 Å². The number of ether oxygens (including phenoxy) is 1. The molecule has 0 amide bonds. The first-order valence-corrected chi connectivity index (χ1v) is 6.98. The SMILES string of the molecule is CCOc1ccccc1-c1noc(C(C)C(N)CC)n1. The van der Waals surface area contributed by atoms with Crippen LogP contribution >= 0.6 is 0 Å². The highest BCUT2D eigenvalue weighted by atomic mass is 16.5. The number of hydrogen-bond donors (Lipinski definition) is 1. The van der Waals surface area contributed by atoms with Crippen LogP contribution in [0.2, 0.25) is 0 Å². The Bertz CT molecular complexity index is 554. The fourth-order valence-corrected chi connectivity index (χ4v) is 2.00. The van der Waals surface area contributed by atoms with Crippen molar-refractivity contribution < 1.29 is 9.26 Å². The normalized spacial score (nSPS) is 14.0. The molecule has 0 aliphatic heterocycles. The van der Waals surface area contributed by atoms with Crippen molar-refractivity contribution in [2.75, 3.05) is 6.61 Å². The van der Waals surface area contributed by atoms with E-state index >= 15 is 0 Å². The van der Waals surface area contributed by atoms with Crippen LogP contribution in [0.15, 0.2) is 28.8 Å². The summed E-state index contributed by atoms with van der Waals surface area (Å²) in [6, 6.07) is 7.69. The maximum absolute atomic E-state index is 6.02. The predicted molar refractivity (Wildman–Crippen MR) is 77.6 cm³/mol. The molecule has 0 saturated heterocycles. The van der Waals surface area contributed by atoms with Gasteiger partial charge in [0.2, 0.25) is 11.7 Å². The van der Waals surface area contributed by atoms with Crippen molar-refractivity contribution >= 4 is 0 Å². The van der Waals surface area contributed by atoms with Gasteiger partial charge in [0.05, 0.1) is 18.1 Å². The van der Waals surface area contributed by atoms with Crippen LogP contribution in [0.4, 0.5) is 0 Å². The molecule has 5 heteroatoms. The summed E-state index contributed by atoms with van der Waals surface area (Å²) in [6.45, 7) is 6.59. The lowest BCUT2D eigenvalue weighted by Gasteiger charge is -2.13. The summed E-state index contributed by atoms with van der Waals surface area (Å²) < 4.78 is 10.9. The van der Waals surface area contributed by atoms with Crippen LogP contribution in [0.3, 0.4) is 0 Å². The second-order valence-electron chi connectivity index (χ2n) is 4.75. The Hall–Kier alpha value is -1.88. The average molecular weight is 275 g/mol. The lowest BCUT2D eigenvalue weighted by atomic mass is 10.0. The summed E-state index contributed by atoms with van der Waals surface area (Å²) >= 11 is 0. The van der Waals surface area contributed by atoms with Crippen molar-refractivity contribution in [3.63, 3.8) is 0 Å². The lowest BCUT2D eigenvalue weighted by molar-refractivity contribution is 0.336. The fraction of sp³-hybridized carbons (Fsp3) is 0.467. The van der Waals surface area contributed by atoms with Crippen molar-refractivity contribution in [2.45, 2.75) is 39.2 Å². The van der Waals surface area contributed by atoms with E-state index in [0.717, 1.165) is 17.7 Å². The highest BCUT2D eigenvalue weighted by Crippen LogP contribution is 2.29. The number of benzene rings is 1. The Labute approximate surface area is 119 Å². The molecular formula is C15H21N3O2. The molecule has 20 heavy (non-hydrogen) atoms. The highest BCUT2D eigenvalue weighted by Gasteiger charge is 2.21. The molecule has 0 aliphatic carbocycles. The third-order valence-electron chi connectivity index (χ3n) is 3.37. The van der Waals surface area contributed by atoms with E-state index in [9.17, 15) is 0 Å². The van der Waals surface area contributed by atoms with Gasteiger partial charge in [0, 0.05) is 6.04 Å². The van der Waals surface area contributed by atoms with Gasteiger partial charge in [0.25, 0.3) is 0 Å². The van der Waals surface area contributed by atoms with Gasteiger partial charge in [0.1, 0.15) is 5.75 Å². The molecule has 0 saturated carbocycles. The minimum absolute atomic E-state index is 0.0189. The molecule has 1 aromatic carbocycles. The molecule has 5 nitrogen and oxygen atoms in total. The number of aromatic nitrogens is 2. The van der Waals surface area contributed by atoms with Crippen molar-refractivity contribution in [2.24, 2.45) is 5.73 Å². The molecule has 0 aliphatic rings. The van der Waals surface area contributed by atoms with Gasteiger partial charge in [-0.1, -0.05) is 31.1 Å². The van der Waals surface area contributed by atoms with Gasteiger partial charge in [-0.05, 0) is 25.5 Å². The van der Waals surface area contributed by atoms with Gasteiger partial charge in [-0.2, -0.15) is 4.98 Å². The molecule has 0 bridgehead atoms. The topological polar surface area (TPSA) is 74.2 Å². The second kappa shape index (κ2) is 6.52. The van der Waals surface area contributed by atoms with Crippen LogP contribution in [-0.4, -0.2) is 22.8 Å². The van der Waals surface area contributed by atoms with Crippen molar-refractivity contribution in [1.82, 2.24) is 10.1 Å². The summed E-state index contributed by atoms with van der Waals surface area (Å²) in [5.41, 5.74) is 6.86. The Morgan fingerprint density at radius 3 is 2.75 bits per heavy atom. The van der Waals surface area contributed by atoms with E-state index in [2.05, 4.69) is 10.1 Å². The largest absolute Gasteiger partial charge is 0.493 e. The smallest absolute Gasteiger partial charge is 0.231 e. The van der Waals surface area contributed by atoms with Gasteiger partial charge in [0.15, 0.2) is 0 Å². The van der Waals surface area contributed by atoms with Crippen LogP contribution in [-0.2, 0) is 0 Å². The molecular weight excluding hydrogens is 254 g/mol. The number of rotatable bonds is 6. The van der Waals surface area contributed by atoms with E-state index in [1.54, 1.807) is 0 Å². The summed E-state index contributed by atoms with van der Waals surface area (Å²) in [6.07, 6.45) is 0.869. The molecule has 1 heterocycles. The third-order valence-corrected chi connectivity index (χ3v) is 3.37. The Morgan fingerprint density at radius 1 is 1.30 bits per heavy atom. The highest BCUT2D eigenvalue weighted by molar-refractivity contribution is 5.63. The number of nitrogens with zero attached hydrogens (tertiary/aromatic N) is 2. The molecule has 108 valence electrons. The third kappa shape index (κ3) is 2.99. The van der Waals surface area contributed by atoms with E-state index in [1.165, 1.54) is 0 Å². The zero-order valence-corrected chi connectivity index (χ0v) is 12.2. The summed E-state index contributed by atoms with van der Waals surface area (Å²) in [5, 5.41) is 4.05. The quantitative estimate of drug-likeness (QED) is 0.877. The standard InChI is InChI=1S/C15H21N3O2/c1-4-12(16)10(3)15-17-14(18-20-15)11-8-6-7-9-13(11)19-5-2/h6-10,12H,4-5,16H2,1-3H3. The molecule has 0 fully saturated rings. The van der Waals surface area contributed by atoms with Crippen LogP contribution in [0.25, 0.3) is 11.4 Å². The van der Waals surface area contributed by atoms with E-state index in [-0.39, 0.29) is 12.0 Å². The number of hydrogen-bond acceptors (Lipinski definition) is 5. The van der Waals surface area contributed by atoms with E-state index in [0.29, 0.717) is 18.3 Å². The Balaban J connectivity index is 2.29. The van der Waals surface area contributed by atoms with Gasteiger partial charge in [-0.3, -0.25) is 0 Å². The molecule has 2 atom stereocenters. The summed E-state index contributed by atoms with van der Waals surface area (Å²) in [4.78, 5) is 4.45. The predicted octanol–water partition coefficient (Wildman–Crippen LogP) is 2.98. The maximum atomic E-state index is 6.02. The minimum atomic E-state index is 0.0189. The fourth-order valence-electron chi connectivity index (χ4n) is 2.00. The van der Waals surface area contributed by atoms with Crippen LogP contribution in [0.5, 0.6) is 5.75 Å². The molecule has 2 N–H and O–H groups in total. The van der Waals surface area contributed by atoms with Gasteiger partial charge < -0.3 is 15.0 Å². The second-order valence-corrected chi connectivity index (χ2v) is 4.75. The van der Waals surface area contributed by atoms with Gasteiger partial charge in [-0.15, -0.1) is 0 Å². The maximum Gasteiger partial charge on any atom is 0.231 e. The summed E-state index contributed by atoms with van der Waals surface area (Å²) in [7, 11) is 0. The van der Waals surface area contributed by atoms with E-state index in [4.69, 9.17) is 15.0 Å². The van der Waals surface area contributed by atoms with Crippen molar-refractivity contribution in [3.05, 3.63) is 30.2 Å². The molecule has 0 radical (unpaired) electrons. The zero-order chi connectivity index (χ0) is 14.5. The molecule has 2 unspecified atom stereocenters. The average Bonchev–Trinajstić information content (AvgIpc) is 2.96. The first-order chi connectivity index (χ1) is 9.67. The van der Waals surface area contributed by atoms with Crippen molar-refractivity contribution in [1.29, 1.82) is 0 Å². The molecule has 1 aromatic heterocycles. The Morgan fingerprint density at radius 2 is 2.05 bits per heavy atom. The summed E-state index contributed by atoms with van der Waals surface area (Å²) in [5.74, 6) is 1.91. The van der Waals surface area contributed by atoms with Gasteiger partial charge in [-0.25, -0.2) is 0 Å². The Kier molecular flexibility index (Phi) is 4.74. The molecule has 0 spiro atoms. The zero-order valence-electron chi connectivity index (χ0n) is 12.2. The number of para-hydroxylation sites is 1. The molecule has 2 aromatic rings. The van der Waals surface area contributed by atoms with Gasteiger partial charge >= 0.3 is 0 Å². The van der Waals surface area contributed by atoms with Crippen LogP contribution in [0.1, 0.15) is 39.0 Å². The minimum Gasteiger partial charge on any atom is -0.493 e. The number of nitrogens with two attached hydrogens (primary N) is 1. The monoisotopic (exact) mass is 275 g/mol. The van der Waals surface area contributed by atoms with E-state index in [1.807, 2.05) is 45.0 Å². The molecule has 2 rings (SSSR count). The van der Waals surface area contributed by atoms with Crippen LogP contribution in [0, 0.1) is 0 Å². The first-order valence-electron chi connectivity index (χ1n) is 6.98. The van der Waals surface area contributed by atoms with E-state index < -0.39 is 0 Å². The lowest BCUT2D eigenvalue weighted by Crippen LogP contribution is -2.25. The van der Waals surface area contributed by atoms with Crippen LogP contribution < -0.4 is 10.5 Å². The first kappa shape index (κ1) is 14.5.